The van der Waals surface area contributed by atoms with E-state index in [0.29, 0.717) is 11.3 Å². The molecule has 1 aromatic carbocycles. The molecule has 2 N–H and O–H groups in total. The maximum atomic E-state index is 13.3. The summed E-state index contributed by atoms with van der Waals surface area (Å²) in [5.74, 6) is 0.376. The molecule has 0 aliphatic rings. The van der Waals surface area contributed by atoms with Crippen LogP contribution >= 0.6 is 0 Å². The third kappa shape index (κ3) is 1.91. The Balaban J connectivity index is 2.12. The highest BCUT2D eigenvalue weighted by Gasteiger charge is 2.21. The van der Waals surface area contributed by atoms with Crippen LogP contribution in [0.3, 0.4) is 0 Å². The highest BCUT2D eigenvalue weighted by atomic mass is 19.1. The first-order valence-electron chi connectivity index (χ1n) is 6.57. The molecule has 3 rings (SSSR count). The minimum Gasteiger partial charge on any atom is -0.459 e. The summed E-state index contributed by atoms with van der Waals surface area (Å²) in [5, 5.41) is 4.98. The zero-order valence-corrected chi connectivity index (χ0v) is 11.4. The van der Waals surface area contributed by atoms with Gasteiger partial charge in [0.15, 0.2) is 0 Å². The smallest absolute Gasteiger partial charge is 0.134 e. The summed E-state index contributed by atoms with van der Waals surface area (Å²) in [6.45, 7) is 4.64. The van der Waals surface area contributed by atoms with Crippen molar-refractivity contribution in [2.75, 3.05) is 0 Å². The molecule has 4 nitrogen and oxygen atoms in total. The second-order valence-corrected chi connectivity index (χ2v) is 4.78. The van der Waals surface area contributed by atoms with E-state index in [1.807, 2.05) is 24.6 Å². The van der Waals surface area contributed by atoms with Crippen molar-refractivity contribution in [2.24, 2.45) is 5.73 Å². The van der Waals surface area contributed by atoms with Gasteiger partial charge in [-0.25, -0.2) is 4.39 Å². The summed E-state index contributed by atoms with van der Waals surface area (Å²) < 4.78 is 21.0. The maximum Gasteiger partial charge on any atom is 0.134 e. The fraction of sp³-hybridized carbons (Fsp3) is 0.267. The lowest BCUT2D eigenvalue weighted by atomic mass is 10.1. The Kier molecular flexibility index (Phi) is 3.06. The minimum absolute atomic E-state index is 0.278. The first-order valence-corrected chi connectivity index (χ1v) is 6.57. The molecule has 0 bridgehead atoms. The molecule has 0 amide bonds. The average molecular weight is 273 g/mol. The highest BCUT2D eigenvalue weighted by Crippen LogP contribution is 2.31. The Morgan fingerprint density at radius 1 is 1.40 bits per heavy atom. The van der Waals surface area contributed by atoms with Gasteiger partial charge in [0.05, 0.1) is 5.69 Å². The molecule has 1 unspecified atom stereocenters. The predicted molar refractivity (Wildman–Crippen MR) is 74.8 cm³/mol. The second-order valence-electron chi connectivity index (χ2n) is 4.78. The Hall–Kier alpha value is -2.14. The van der Waals surface area contributed by atoms with Gasteiger partial charge in [-0.05, 0) is 38.1 Å². The molecule has 0 aliphatic carbocycles. The van der Waals surface area contributed by atoms with Crippen LogP contribution in [-0.2, 0) is 6.54 Å². The number of furan rings is 1. The van der Waals surface area contributed by atoms with E-state index in [1.165, 1.54) is 12.1 Å². The van der Waals surface area contributed by atoms with E-state index >= 15 is 0 Å². The quantitative estimate of drug-likeness (QED) is 0.797. The Morgan fingerprint density at radius 2 is 2.20 bits per heavy atom. The lowest BCUT2D eigenvalue weighted by Gasteiger charge is -2.11. The van der Waals surface area contributed by atoms with E-state index in [4.69, 9.17) is 10.2 Å². The summed E-state index contributed by atoms with van der Waals surface area (Å²) in [5.41, 5.74) is 8.70. The van der Waals surface area contributed by atoms with Crippen LogP contribution in [0, 0.1) is 12.7 Å². The molecule has 0 fully saturated rings. The summed E-state index contributed by atoms with van der Waals surface area (Å²) in [6.07, 6.45) is 1.72. The van der Waals surface area contributed by atoms with Gasteiger partial charge in [0.2, 0.25) is 0 Å². The molecule has 3 aromatic rings. The van der Waals surface area contributed by atoms with Gasteiger partial charge < -0.3 is 10.2 Å². The van der Waals surface area contributed by atoms with Gasteiger partial charge >= 0.3 is 0 Å². The number of hydrogen-bond acceptors (Lipinski definition) is 3. The van der Waals surface area contributed by atoms with Crippen molar-refractivity contribution in [3.63, 3.8) is 0 Å². The van der Waals surface area contributed by atoms with Crippen LogP contribution in [0.4, 0.5) is 4.39 Å². The van der Waals surface area contributed by atoms with Gasteiger partial charge in [0.1, 0.15) is 23.2 Å². The molecule has 1 atom stereocenters. The first-order chi connectivity index (χ1) is 9.61. The zero-order chi connectivity index (χ0) is 14.3. The first kappa shape index (κ1) is 12.9. The van der Waals surface area contributed by atoms with Gasteiger partial charge in [-0.15, -0.1) is 0 Å². The fourth-order valence-corrected chi connectivity index (χ4v) is 2.51. The Bertz CT molecular complexity index is 760. The van der Waals surface area contributed by atoms with Crippen LogP contribution in [0.25, 0.3) is 11.0 Å². The molecule has 2 heterocycles. The largest absolute Gasteiger partial charge is 0.459 e. The normalized spacial score (nSPS) is 13.0. The number of rotatable bonds is 3. The average Bonchev–Trinajstić information content (AvgIpc) is 3.03. The van der Waals surface area contributed by atoms with Crippen molar-refractivity contribution < 1.29 is 8.81 Å². The van der Waals surface area contributed by atoms with Gasteiger partial charge in [-0.1, -0.05) is 0 Å². The molecule has 104 valence electrons. The van der Waals surface area contributed by atoms with Crippen molar-refractivity contribution in [2.45, 2.75) is 26.4 Å². The number of hydrogen-bond donors (Lipinski definition) is 1. The van der Waals surface area contributed by atoms with Crippen molar-refractivity contribution >= 4 is 11.0 Å². The van der Waals surface area contributed by atoms with Crippen LogP contribution in [0.2, 0.25) is 0 Å². The molecule has 2 aromatic heterocycles. The summed E-state index contributed by atoms with van der Waals surface area (Å²) in [7, 11) is 0. The number of nitrogens with zero attached hydrogens (tertiary/aromatic N) is 2. The van der Waals surface area contributed by atoms with E-state index in [1.54, 1.807) is 12.3 Å². The molecule has 20 heavy (non-hydrogen) atoms. The molecule has 0 spiro atoms. The van der Waals surface area contributed by atoms with Crippen LogP contribution in [-0.4, -0.2) is 9.78 Å². The third-order valence-electron chi connectivity index (χ3n) is 3.59. The van der Waals surface area contributed by atoms with Crippen LogP contribution in [0.15, 0.2) is 34.9 Å². The monoisotopic (exact) mass is 273 g/mol. The van der Waals surface area contributed by atoms with Crippen LogP contribution in [0.1, 0.15) is 30.0 Å². The zero-order valence-electron chi connectivity index (χ0n) is 11.4. The summed E-state index contributed by atoms with van der Waals surface area (Å²) in [6, 6.07) is 5.96. The van der Waals surface area contributed by atoms with E-state index < -0.39 is 6.04 Å². The SMILES string of the molecule is CCn1nccc1C(N)c1oc2ccc(F)cc2c1C. The maximum absolute atomic E-state index is 13.3. The molecule has 0 saturated carbocycles. The number of halogens is 1. The topological polar surface area (TPSA) is 57.0 Å². The second kappa shape index (κ2) is 4.76. The highest BCUT2D eigenvalue weighted by molar-refractivity contribution is 5.82. The fourth-order valence-electron chi connectivity index (χ4n) is 2.51. The van der Waals surface area contributed by atoms with E-state index in [2.05, 4.69) is 5.10 Å². The molecular weight excluding hydrogens is 257 g/mol. The van der Waals surface area contributed by atoms with Gasteiger partial charge in [-0.3, -0.25) is 4.68 Å². The Morgan fingerprint density at radius 3 is 2.95 bits per heavy atom. The molecule has 0 aliphatic heterocycles. The minimum atomic E-state index is -0.409. The van der Waals surface area contributed by atoms with Gasteiger partial charge in [-0.2, -0.15) is 5.10 Å². The van der Waals surface area contributed by atoms with E-state index in [9.17, 15) is 4.39 Å². The van der Waals surface area contributed by atoms with E-state index in [0.717, 1.165) is 23.2 Å². The van der Waals surface area contributed by atoms with Gasteiger partial charge in [0.25, 0.3) is 0 Å². The number of aryl methyl sites for hydroxylation is 2. The van der Waals surface area contributed by atoms with E-state index in [-0.39, 0.29) is 5.82 Å². The molecule has 0 saturated heterocycles. The predicted octanol–water partition coefficient (Wildman–Crippen LogP) is 3.14. The van der Waals surface area contributed by atoms with Crippen LogP contribution < -0.4 is 5.73 Å². The molecule has 0 radical (unpaired) electrons. The van der Waals surface area contributed by atoms with Crippen molar-refractivity contribution in [3.8, 4) is 0 Å². The molecular formula is C15H16FN3O. The number of fused-ring (bicyclic) bond motifs is 1. The lowest BCUT2D eigenvalue weighted by Crippen LogP contribution is -2.17. The van der Waals surface area contributed by atoms with Crippen molar-refractivity contribution in [1.82, 2.24) is 9.78 Å². The van der Waals surface area contributed by atoms with Crippen LogP contribution in [0.5, 0.6) is 0 Å². The number of nitrogens with two attached hydrogens (primary N) is 1. The number of aromatic nitrogens is 2. The number of benzene rings is 1. The molecule has 5 heteroatoms. The summed E-state index contributed by atoms with van der Waals surface area (Å²) in [4.78, 5) is 0. The standard InChI is InChI=1S/C15H16FN3O/c1-3-19-12(6-7-18-19)14(17)15-9(2)11-8-10(16)4-5-13(11)20-15/h4-8,14H,3,17H2,1-2H3. The summed E-state index contributed by atoms with van der Waals surface area (Å²) >= 11 is 0. The van der Waals surface area contributed by atoms with Crippen molar-refractivity contribution in [3.05, 3.63) is 53.3 Å². The van der Waals surface area contributed by atoms with Crippen molar-refractivity contribution in [1.29, 1.82) is 0 Å². The third-order valence-corrected chi connectivity index (χ3v) is 3.59. The Labute approximate surface area is 116 Å². The van der Waals surface area contributed by atoms with Gasteiger partial charge in [0, 0.05) is 23.7 Å². The lowest BCUT2D eigenvalue weighted by molar-refractivity contribution is 0.497.